The van der Waals surface area contributed by atoms with Gasteiger partial charge < -0.3 is 10.1 Å². The van der Waals surface area contributed by atoms with Gasteiger partial charge in [0.05, 0.1) is 12.2 Å². The van der Waals surface area contributed by atoms with Crippen LogP contribution in [0.2, 0.25) is 0 Å². The smallest absolute Gasteiger partial charge is 0.0600 e. The fraction of sp³-hybridized carbons (Fsp3) is 1.00. The first-order valence-electron chi connectivity index (χ1n) is 8.64. The lowest BCUT2D eigenvalue weighted by atomic mass is 9.83. The minimum Gasteiger partial charge on any atom is -0.375 e. The summed E-state index contributed by atoms with van der Waals surface area (Å²) in [4.78, 5) is 2.62. The van der Waals surface area contributed by atoms with Gasteiger partial charge in [-0.3, -0.25) is 4.90 Å². The number of nitrogens with one attached hydrogen (secondary N) is 1. The molecular formula is C17H34N2O. The summed E-state index contributed by atoms with van der Waals surface area (Å²) in [6.45, 7) is 12.0. The normalized spacial score (nSPS) is 27.4. The van der Waals surface area contributed by atoms with Crippen molar-refractivity contribution < 1.29 is 4.74 Å². The van der Waals surface area contributed by atoms with E-state index in [1.54, 1.807) is 0 Å². The van der Waals surface area contributed by atoms with Crippen LogP contribution in [0.25, 0.3) is 0 Å². The molecule has 20 heavy (non-hydrogen) atoms. The second-order valence-corrected chi connectivity index (χ2v) is 7.57. The molecular weight excluding hydrogens is 248 g/mol. The van der Waals surface area contributed by atoms with Crippen LogP contribution in [0, 0.1) is 5.92 Å². The van der Waals surface area contributed by atoms with E-state index >= 15 is 0 Å². The van der Waals surface area contributed by atoms with Gasteiger partial charge in [-0.15, -0.1) is 0 Å². The van der Waals surface area contributed by atoms with E-state index in [0.29, 0.717) is 6.04 Å². The Labute approximate surface area is 125 Å². The van der Waals surface area contributed by atoms with E-state index in [1.165, 1.54) is 58.2 Å². The van der Waals surface area contributed by atoms with Crippen LogP contribution in [0.15, 0.2) is 0 Å². The Morgan fingerprint density at radius 1 is 1.10 bits per heavy atom. The van der Waals surface area contributed by atoms with E-state index in [2.05, 4.69) is 31.0 Å². The lowest BCUT2D eigenvalue weighted by molar-refractivity contribution is -0.0137. The molecule has 1 unspecified atom stereocenters. The second kappa shape index (κ2) is 7.77. The SMILES string of the molecule is CC(C)(C)OCCN1CCCNC(C2CCCCC2)C1. The average molecular weight is 282 g/mol. The van der Waals surface area contributed by atoms with E-state index in [9.17, 15) is 0 Å². The van der Waals surface area contributed by atoms with Crippen LogP contribution in [-0.4, -0.2) is 49.3 Å². The van der Waals surface area contributed by atoms with E-state index in [-0.39, 0.29) is 5.60 Å². The molecule has 1 saturated heterocycles. The van der Waals surface area contributed by atoms with E-state index in [0.717, 1.165) is 19.1 Å². The highest BCUT2D eigenvalue weighted by molar-refractivity contribution is 4.84. The summed E-state index contributed by atoms with van der Waals surface area (Å²) < 4.78 is 5.89. The first-order chi connectivity index (χ1) is 9.54. The van der Waals surface area contributed by atoms with Crippen LogP contribution >= 0.6 is 0 Å². The Morgan fingerprint density at radius 2 is 1.85 bits per heavy atom. The van der Waals surface area contributed by atoms with Gasteiger partial charge in [-0.1, -0.05) is 19.3 Å². The molecule has 2 aliphatic rings. The monoisotopic (exact) mass is 282 g/mol. The van der Waals surface area contributed by atoms with Crippen molar-refractivity contribution in [3.05, 3.63) is 0 Å². The van der Waals surface area contributed by atoms with Gasteiger partial charge in [-0.25, -0.2) is 0 Å². The molecule has 0 amide bonds. The topological polar surface area (TPSA) is 24.5 Å². The molecule has 0 aromatic heterocycles. The highest BCUT2D eigenvalue weighted by atomic mass is 16.5. The summed E-state index contributed by atoms with van der Waals surface area (Å²) in [5.41, 5.74) is -0.00707. The van der Waals surface area contributed by atoms with E-state index in [4.69, 9.17) is 4.74 Å². The molecule has 1 N–H and O–H groups in total. The third-order valence-corrected chi connectivity index (χ3v) is 4.67. The summed E-state index contributed by atoms with van der Waals surface area (Å²) in [5, 5.41) is 3.81. The minimum absolute atomic E-state index is 0.00707. The third kappa shape index (κ3) is 5.71. The van der Waals surface area contributed by atoms with E-state index in [1.807, 2.05) is 0 Å². The van der Waals surface area contributed by atoms with Gasteiger partial charge >= 0.3 is 0 Å². The summed E-state index contributed by atoms with van der Waals surface area (Å²) in [5.74, 6) is 0.910. The Kier molecular flexibility index (Phi) is 6.31. The zero-order valence-corrected chi connectivity index (χ0v) is 13.8. The average Bonchev–Trinajstić information content (AvgIpc) is 2.64. The van der Waals surface area contributed by atoms with Crippen molar-refractivity contribution in [2.75, 3.05) is 32.8 Å². The summed E-state index contributed by atoms with van der Waals surface area (Å²) in [7, 11) is 0. The van der Waals surface area contributed by atoms with Gasteiger partial charge in [0.25, 0.3) is 0 Å². The van der Waals surface area contributed by atoms with Gasteiger partial charge in [-0.2, -0.15) is 0 Å². The van der Waals surface area contributed by atoms with Crippen LogP contribution in [0.4, 0.5) is 0 Å². The summed E-state index contributed by atoms with van der Waals surface area (Å²) in [6.07, 6.45) is 8.48. The molecule has 118 valence electrons. The molecule has 0 spiro atoms. The van der Waals surface area contributed by atoms with Gasteiger partial charge in [0, 0.05) is 19.1 Å². The largest absolute Gasteiger partial charge is 0.375 e. The molecule has 0 aromatic carbocycles. The predicted octanol–water partition coefficient (Wildman–Crippen LogP) is 3.05. The number of nitrogens with zero attached hydrogens (tertiary/aromatic N) is 1. The second-order valence-electron chi connectivity index (χ2n) is 7.57. The molecule has 3 heteroatoms. The molecule has 2 rings (SSSR count). The zero-order chi connectivity index (χ0) is 14.4. The Balaban J connectivity index is 1.77. The maximum atomic E-state index is 5.89. The highest BCUT2D eigenvalue weighted by Crippen LogP contribution is 2.27. The van der Waals surface area contributed by atoms with Gasteiger partial charge in [0.2, 0.25) is 0 Å². The Hall–Kier alpha value is -0.120. The summed E-state index contributed by atoms with van der Waals surface area (Å²) >= 11 is 0. The molecule has 0 aromatic rings. The summed E-state index contributed by atoms with van der Waals surface area (Å²) in [6, 6.07) is 0.715. The fourth-order valence-corrected chi connectivity index (χ4v) is 3.56. The molecule has 3 nitrogen and oxygen atoms in total. The van der Waals surface area contributed by atoms with Crippen LogP contribution in [0.1, 0.15) is 59.3 Å². The van der Waals surface area contributed by atoms with Gasteiger partial charge in [0.15, 0.2) is 0 Å². The lowest BCUT2D eigenvalue weighted by Gasteiger charge is -2.33. The number of rotatable bonds is 4. The van der Waals surface area contributed by atoms with Crippen molar-refractivity contribution in [1.29, 1.82) is 0 Å². The zero-order valence-electron chi connectivity index (χ0n) is 13.8. The fourth-order valence-electron chi connectivity index (χ4n) is 3.56. The maximum absolute atomic E-state index is 5.89. The van der Waals surface area contributed by atoms with Crippen molar-refractivity contribution in [3.63, 3.8) is 0 Å². The first-order valence-corrected chi connectivity index (χ1v) is 8.64. The quantitative estimate of drug-likeness (QED) is 0.858. The van der Waals surface area contributed by atoms with Crippen LogP contribution in [0.5, 0.6) is 0 Å². The van der Waals surface area contributed by atoms with Crippen molar-refractivity contribution >= 4 is 0 Å². The predicted molar refractivity (Wildman–Crippen MR) is 85.1 cm³/mol. The number of ether oxygens (including phenoxy) is 1. The molecule has 1 aliphatic heterocycles. The minimum atomic E-state index is -0.00707. The first kappa shape index (κ1) is 16.3. The number of hydrogen-bond acceptors (Lipinski definition) is 3. The van der Waals surface area contributed by atoms with E-state index < -0.39 is 0 Å². The molecule has 1 aliphatic carbocycles. The molecule has 1 heterocycles. The standard InChI is InChI=1S/C17H34N2O/c1-17(2,3)20-13-12-19-11-7-10-18-16(14-19)15-8-5-4-6-9-15/h15-16,18H,4-14H2,1-3H3. The van der Waals surface area contributed by atoms with Crippen LogP contribution in [0.3, 0.4) is 0 Å². The Bertz CT molecular complexity index is 269. The molecule has 2 fully saturated rings. The molecule has 1 saturated carbocycles. The lowest BCUT2D eigenvalue weighted by Crippen LogP contribution is -2.44. The van der Waals surface area contributed by atoms with Gasteiger partial charge in [-0.05, 0) is 59.0 Å². The maximum Gasteiger partial charge on any atom is 0.0600 e. The molecule has 0 bridgehead atoms. The van der Waals surface area contributed by atoms with Crippen molar-refractivity contribution in [2.24, 2.45) is 5.92 Å². The van der Waals surface area contributed by atoms with Crippen LogP contribution < -0.4 is 5.32 Å². The van der Waals surface area contributed by atoms with Crippen molar-refractivity contribution in [3.8, 4) is 0 Å². The number of hydrogen-bond donors (Lipinski definition) is 1. The van der Waals surface area contributed by atoms with Gasteiger partial charge in [0.1, 0.15) is 0 Å². The third-order valence-electron chi connectivity index (χ3n) is 4.67. The van der Waals surface area contributed by atoms with Crippen molar-refractivity contribution in [1.82, 2.24) is 10.2 Å². The highest BCUT2D eigenvalue weighted by Gasteiger charge is 2.26. The van der Waals surface area contributed by atoms with Crippen LogP contribution in [-0.2, 0) is 4.74 Å². The van der Waals surface area contributed by atoms with Crippen molar-refractivity contribution in [2.45, 2.75) is 70.9 Å². The molecule has 0 radical (unpaired) electrons. The molecule has 1 atom stereocenters. The Morgan fingerprint density at radius 3 is 2.55 bits per heavy atom.